The number of nitrogens with zero attached hydrogens (tertiary/aromatic N) is 4. The van der Waals surface area contributed by atoms with Gasteiger partial charge in [0.1, 0.15) is 0 Å². The third-order valence-electron chi connectivity index (χ3n) is 7.27. The van der Waals surface area contributed by atoms with Crippen molar-refractivity contribution < 1.29 is 9.59 Å². The first kappa shape index (κ1) is 26.2. The van der Waals surface area contributed by atoms with Crippen LogP contribution in [0.4, 0.5) is 17.1 Å². The zero-order chi connectivity index (χ0) is 27.4. The van der Waals surface area contributed by atoms with Gasteiger partial charge in [0, 0.05) is 37.1 Å². The zero-order valence-electron chi connectivity index (χ0n) is 22.3. The van der Waals surface area contributed by atoms with Gasteiger partial charge in [-0.1, -0.05) is 36.4 Å². The van der Waals surface area contributed by atoms with Gasteiger partial charge in [-0.05, 0) is 68.5 Å². The van der Waals surface area contributed by atoms with E-state index in [2.05, 4.69) is 33.6 Å². The second kappa shape index (κ2) is 11.5. The summed E-state index contributed by atoms with van der Waals surface area (Å²) >= 11 is 0. The van der Waals surface area contributed by atoms with E-state index in [1.165, 1.54) is 0 Å². The van der Waals surface area contributed by atoms with Crippen LogP contribution in [0.5, 0.6) is 0 Å². The summed E-state index contributed by atoms with van der Waals surface area (Å²) in [4.78, 5) is 32.3. The van der Waals surface area contributed by atoms with Crippen molar-refractivity contribution in [1.29, 1.82) is 5.26 Å². The largest absolute Gasteiger partial charge is 0.354 e. The molecular weight excluding hydrogens is 488 g/mol. The second-order valence-corrected chi connectivity index (χ2v) is 10.00. The predicted molar refractivity (Wildman–Crippen MR) is 155 cm³/mol. The highest BCUT2D eigenvalue weighted by Crippen LogP contribution is 2.38. The van der Waals surface area contributed by atoms with Gasteiger partial charge in [-0.2, -0.15) is 5.26 Å². The van der Waals surface area contributed by atoms with E-state index in [1.54, 1.807) is 30.1 Å². The van der Waals surface area contributed by atoms with Crippen LogP contribution in [-0.2, 0) is 9.59 Å². The topological polar surface area (TPSA) is 91.7 Å². The summed E-state index contributed by atoms with van der Waals surface area (Å²) in [6.45, 7) is 4.25. The molecule has 8 nitrogen and oxygen atoms in total. The van der Waals surface area contributed by atoms with Crippen molar-refractivity contribution in [2.75, 3.05) is 62.4 Å². The Morgan fingerprint density at radius 3 is 2.54 bits per heavy atom. The lowest BCUT2D eigenvalue weighted by molar-refractivity contribution is -0.119. The van der Waals surface area contributed by atoms with Gasteiger partial charge in [0.05, 0.1) is 35.1 Å². The van der Waals surface area contributed by atoms with Crippen LogP contribution in [-0.4, -0.2) is 68.4 Å². The Kier molecular flexibility index (Phi) is 7.73. The minimum atomic E-state index is -0.229. The molecule has 2 amide bonds. The molecule has 0 atom stereocenters. The van der Waals surface area contributed by atoms with Crippen LogP contribution in [0.2, 0.25) is 0 Å². The maximum Gasteiger partial charge on any atom is 0.258 e. The van der Waals surface area contributed by atoms with Crippen LogP contribution in [0.15, 0.2) is 72.8 Å². The van der Waals surface area contributed by atoms with Gasteiger partial charge in [-0.25, -0.2) is 0 Å². The van der Waals surface area contributed by atoms with Crippen LogP contribution in [0.1, 0.15) is 23.1 Å². The highest BCUT2D eigenvalue weighted by atomic mass is 16.2. The van der Waals surface area contributed by atoms with Crippen molar-refractivity contribution in [3.05, 3.63) is 89.5 Å². The molecule has 0 aromatic heterocycles. The minimum absolute atomic E-state index is 0.0586. The summed E-state index contributed by atoms with van der Waals surface area (Å²) in [5.74, 6) is -0.170. The van der Waals surface area contributed by atoms with E-state index in [1.807, 2.05) is 54.6 Å². The van der Waals surface area contributed by atoms with Crippen molar-refractivity contribution in [3.63, 3.8) is 0 Å². The number of fused-ring (bicyclic) bond motifs is 1. The fraction of sp³-hybridized carbons (Fsp3) is 0.258. The Balaban J connectivity index is 1.38. The maximum absolute atomic E-state index is 13.1. The van der Waals surface area contributed by atoms with E-state index in [9.17, 15) is 14.9 Å². The lowest BCUT2D eigenvalue weighted by atomic mass is 9.99. The molecule has 0 spiro atoms. The average molecular weight is 521 g/mol. The Labute approximate surface area is 229 Å². The number of benzene rings is 3. The summed E-state index contributed by atoms with van der Waals surface area (Å²) in [5.41, 5.74) is 5.49. The molecule has 0 bridgehead atoms. The Morgan fingerprint density at radius 1 is 1.03 bits per heavy atom. The molecule has 2 aliphatic heterocycles. The zero-order valence-corrected chi connectivity index (χ0v) is 22.3. The minimum Gasteiger partial charge on any atom is -0.354 e. The van der Waals surface area contributed by atoms with Gasteiger partial charge in [-0.3, -0.25) is 14.5 Å². The number of nitrogens with one attached hydrogen (secondary N) is 2. The lowest BCUT2D eigenvalue weighted by Gasteiger charge is -2.24. The monoisotopic (exact) mass is 520 g/mol. The fourth-order valence-electron chi connectivity index (χ4n) is 4.99. The molecule has 39 heavy (non-hydrogen) atoms. The van der Waals surface area contributed by atoms with Crippen molar-refractivity contribution in [2.24, 2.45) is 0 Å². The third kappa shape index (κ3) is 5.85. The van der Waals surface area contributed by atoms with Crippen molar-refractivity contribution in [2.45, 2.75) is 6.42 Å². The molecule has 3 aromatic rings. The Morgan fingerprint density at radius 2 is 1.79 bits per heavy atom. The molecule has 0 saturated carbocycles. The average Bonchev–Trinajstić information content (AvgIpc) is 3.14. The number of likely N-dealkylation sites (N-methyl/N-ethyl adjacent to an activating group) is 2. The van der Waals surface area contributed by atoms with E-state index in [0.29, 0.717) is 29.1 Å². The molecular formula is C31H32N6O2. The molecule has 0 aliphatic carbocycles. The highest BCUT2D eigenvalue weighted by molar-refractivity contribution is 6.37. The quantitative estimate of drug-likeness (QED) is 0.476. The van der Waals surface area contributed by atoms with E-state index in [4.69, 9.17) is 0 Å². The van der Waals surface area contributed by atoms with Crippen LogP contribution in [0.25, 0.3) is 11.3 Å². The first-order valence-electron chi connectivity index (χ1n) is 13.1. The standard InChI is InChI=1S/C31H32N6O2/c1-35-15-6-16-37(18-17-35)21-28(38)36(2)25-12-10-24(11-13-25)33-30(23-7-4-3-5-8-23)29-26-14-9-22(20-32)19-27(26)34-31(29)39/h3-5,7-14,19,33H,6,15-18,21H2,1-2H3,(H,34,39)/b30-29-. The maximum atomic E-state index is 13.1. The molecule has 8 heteroatoms. The smallest absolute Gasteiger partial charge is 0.258 e. The predicted octanol–water partition coefficient (Wildman–Crippen LogP) is 4.09. The number of rotatable bonds is 6. The van der Waals surface area contributed by atoms with Gasteiger partial charge in [0.2, 0.25) is 5.91 Å². The van der Waals surface area contributed by atoms with Gasteiger partial charge in [0.15, 0.2) is 0 Å². The number of anilines is 3. The molecule has 1 saturated heterocycles. The van der Waals surface area contributed by atoms with Gasteiger partial charge < -0.3 is 20.4 Å². The number of carbonyl (C=O) groups is 2. The number of carbonyl (C=O) groups excluding carboxylic acids is 2. The fourth-order valence-corrected chi connectivity index (χ4v) is 4.99. The van der Waals surface area contributed by atoms with Crippen LogP contribution in [0.3, 0.4) is 0 Å². The molecule has 5 rings (SSSR count). The molecule has 3 aromatic carbocycles. The normalized spacial score (nSPS) is 17.0. The van der Waals surface area contributed by atoms with Crippen molar-refractivity contribution in [3.8, 4) is 6.07 Å². The second-order valence-electron chi connectivity index (χ2n) is 10.00. The van der Waals surface area contributed by atoms with Gasteiger partial charge >= 0.3 is 0 Å². The number of hydrogen-bond donors (Lipinski definition) is 2. The number of hydrogen-bond acceptors (Lipinski definition) is 6. The number of amides is 2. The summed E-state index contributed by atoms with van der Waals surface area (Å²) in [7, 11) is 3.93. The molecule has 0 unspecified atom stereocenters. The third-order valence-corrected chi connectivity index (χ3v) is 7.27. The summed E-state index contributed by atoms with van der Waals surface area (Å²) < 4.78 is 0. The summed E-state index contributed by atoms with van der Waals surface area (Å²) in [5, 5.41) is 15.6. The van der Waals surface area contributed by atoms with Crippen LogP contribution in [0, 0.1) is 11.3 Å². The SMILES string of the molecule is CN1CCCN(CC(=O)N(C)c2ccc(N/C(=C3\C(=O)Nc4cc(C#N)ccc43)c3ccccc3)cc2)CC1. The Bertz CT molecular complexity index is 1440. The molecule has 2 N–H and O–H groups in total. The first-order valence-corrected chi connectivity index (χ1v) is 13.1. The van der Waals surface area contributed by atoms with Crippen molar-refractivity contribution in [1.82, 2.24) is 9.80 Å². The number of nitriles is 1. The summed E-state index contributed by atoms with van der Waals surface area (Å²) in [6.07, 6.45) is 1.06. The molecule has 198 valence electrons. The van der Waals surface area contributed by atoms with Crippen LogP contribution >= 0.6 is 0 Å². The van der Waals surface area contributed by atoms with Crippen molar-refractivity contribution >= 4 is 40.1 Å². The molecule has 0 radical (unpaired) electrons. The highest BCUT2D eigenvalue weighted by Gasteiger charge is 2.29. The van der Waals surface area contributed by atoms with E-state index < -0.39 is 0 Å². The van der Waals surface area contributed by atoms with Gasteiger partial charge in [-0.15, -0.1) is 0 Å². The lowest BCUT2D eigenvalue weighted by Crippen LogP contribution is -2.40. The molecule has 1 fully saturated rings. The molecule has 2 aliphatic rings. The van der Waals surface area contributed by atoms with Crippen LogP contribution < -0.4 is 15.5 Å². The van der Waals surface area contributed by atoms with E-state index >= 15 is 0 Å². The van der Waals surface area contributed by atoms with E-state index in [-0.39, 0.29) is 11.8 Å². The first-order chi connectivity index (χ1) is 18.9. The van der Waals surface area contributed by atoms with Gasteiger partial charge in [0.25, 0.3) is 5.91 Å². The summed E-state index contributed by atoms with van der Waals surface area (Å²) in [6, 6.07) is 24.7. The Hall–Kier alpha value is -4.45. The van der Waals surface area contributed by atoms with E-state index in [0.717, 1.165) is 55.1 Å². The molecule has 2 heterocycles.